The van der Waals surface area contributed by atoms with Crippen molar-refractivity contribution in [3.8, 4) is 5.75 Å². The molecule has 3 N–H and O–H groups in total. The molecule has 18 heavy (non-hydrogen) atoms. The number of rotatable bonds is 4. The topological polar surface area (TPSA) is 80.7 Å². The first-order valence-electron chi connectivity index (χ1n) is 5.40. The van der Waals surface area contributed by atoms with E-state index in [1.54, 1.807) is 12.3 Å². The maximum Gasteiger partial charge on any atom is 0.175 e. The van der Waals surface area contributed by atoms with Crippen LogP contribution in [-0.4, -0.2) is 16.0 Å². The van der Waals surface area contributed by atoms with Crippen molar-refractivity contribution in [3.05, 3.63) is 59.9 Å². The Labute approximate surface area is 105 Å². The van der Waals surface area contributed by atoms with Crippen molar-refractivity contribution in [1.29, 1.82) is 0 Å². The largest absolute Gasteiger partial charge is 0.488 e. The molecule has 0 spiro atoms. The molecule has 0 radical (unpaired) electrons. The number of pyridine rings is 1. The highest BCUT2D eigenvalue weighted by Gasteiger charge is 2.08. The van der Waals surface area contributed by atoms with Crippen LogP contribution in [0.1, 0.15) is 11.1 Å². The van der Waals surface area contributed by atoms with Crippen LogP contribution in [0, 0.1) is 0 Å². The Morgan fingerprint density at radius 1 is 1.28 bits per heavy atom. The van der Waals surface area contributed by atoms with Gasteiger partial charge in [0.1, 0.15) is 12.4 Å². The van der Waals surface area contributed by atoms with Crippen LogP contribution in [0.4, 0.5) is 0 Å². The highest BCUT2D eigenvalue weighted by molar-refractivity contribution is 5.99. The van der Waals surface area contributed by atoms with Crippen LogP contribution in [0.3, 0.4) is 0 Å². The van der Waals surface area contributed by atoms with Gasteiger partial charge in [0.2, 0.25) is 0 Å². The van der Waals surface area contributed by atoms with Crippen molar-refractivity contribution >= 4 is 5.84 Å². The van der Waals surface area contributed by atoms with Gasteiger partial charge in [-0.15, -0.1) is 0 Å². The van der Waals surface area contributed by atoms with Crippen LogP contribution in [-0.2, 0) is 6.61 Å². The fourth-order valence-electron chi connectivity index (χ4n) is 1.49. The summed E-state index contributed by atoms with van der Waals surface area (Å²) in [5.74, 6) is 0.510. The minimum Gasteiger partial charge on any atom is -0.488 e. The molecule has 2 aromatic rings. The van der Waals surface area contributed by atoms with E-state index in [2.05, 4.69) is 10.1 Å². The normalized spacial score (nSPS) is 11.2. The minimum absolute atomic E-state index is 0.0221. The molecule has 5 heteroatoms. The third-order valence-electron chi connectivity index (χ3n) is 2.40. The Balaban J connectivity index is 2.15. The number of nitrogens with zero attached hydrogens (tertiary/aromatic N) is 2. The molecule has 2 rings (SSSR count). The number of amidine groups is 1. The fourth-order valence-corrected chi connectivity index (χ4v) is 1.49. The lowest BCUT2D eigenvalue weighted by Gasteiger charge is -2.09. The Morgan fingerprint density at radius 3 is 2.78 bits per heavy atom. The van der Waals surface area contributed by atoms with E-state index in [1.807, 2.05) is 30.3 Å². The van der Waals surface area contributed by atoms with E-state index in [4.69, 9.17) is 15.7 Å². The summed E-state index contributed by atoms with van der Waals surface area (Å²) < 4.78 is 5.63. The van der Waals surface area contributed by atoms with Gasteiger partial charge in [0.25, 0.3) is 0 Å². The molecule has 0 fully saturated rings. The van der Waals surface area contributed by atoms with Crippen molar-refractivity contribution in [1.82, 2.24) is 4.98 Å². The molecule has 1 heterocycles. The van der Waals surface area contributed by atoms with Gasteiger partial charge in [-0.05, 0) is 11.6 Å². The second-order valence-electron chi connectivity index (χ2n) is 3.63. The van der Waals surface area contributed by atoms with E-state index in [0.717, 1.165) is 5.56 Å². The van der Waals surface area contributed by atoms with Gasteiger partial charge >= 0.3 is 0 Å². The summed E-state index contributed by atoms with van der Waals surface area (Å²) in [5, 5.41) is 11.6. The zero-order valence-corrected chi connectivity index (χ0v) is 9.65. The van der Waals surface area contributed by atoms with Crippen LogP contribution < -0.4 is 10.5 Å². The highest BCUT2D eigenvalue weighted by Crippen LogP contribution is 2.17. The van der Waals surface area contributed by atoms with Crippen molar-refractivity contribution in [2.24, 2.45) is 10.9 Å². The first-order valence-corrected chi connectivity index (χ1v) is 5.40. The van der Waals surface area contributed by atoms with E-state index in [1.165, 1.54) is 6.20 Å². The Morgan fingerprint density at radius 2 is 2.06 bits per heavy atom. The molecule has 0 amide bonds. The molecule has 5 nitrogen and oxygen atoms in total. The quantitative estimate of drug-likeness (QED) is 0.371. The summed E-state index contributed by atoms with van der Waals surface area (Å²) >= 11 is 0. The van der Waals surface area contributed by atoms with E-state index in [9.17, 15) is 0 Å². The molecule has 0 aliphatic carbocycles. The van der Waals surface area contributed by atoms with E-state index >= 15 is 0 Å². The van der Waals surface area contributed by atoms with Gasteiger partial charge in [0.05, 0.1) is 5.56 Å². The summed E-state index contributed by atoms with van der Waals surface area (Å²) in [6.45, 7) is 0.413. The van der Waals surface area contributed by atoms with Crippen LogP contribution in [0.15, 0.2) is 53.9 Å². The number of ether oxygens (including phenoxy) is 1. The van der Waals surface area contributed by atoms with Gasteiger partial charge in [0, 0.05) is 12.4 Å². The molecule has 0 atom stereocenters. The third kappa shape index (κ3) is 2.76. The van der Waals surface area contributed by atoms with E-state index < -0.39 is 0 Å². The maximum atomic E-state index is 8.68. The molecule has 0 bridgehead atoms. The highest BCUT2D eigenvalue weighted by atomic mass is 16.5. The van der Waals surface area contributed by atoms with E-state index in [0.29, 0.717) is 17.9 Å². The monoisotopic (exact) mass is 243 g/mol. The lowest BCUT2D eigenvalue weighted by molar-refractivity contribution is 0.303. The molecule has 0 unspecified atom stereocenters. The second kappa shape index (κ2) is 5.67. The second-order valence-corrected chi connectivity index (χ2v) is 3.63. The lowest BCUT2D eigenvalue weighted by atomic mass is 10.2. The van der Waals surface area contributed by atoms with Gasteiger partial charge < -0.3 is 15.7 Å². The van der Waals surface area contributed by atoms with Crippen molar-refractivity contribution in [3.63, 3.8) is 0 Å². The molecule has 0 aliphatic rings. The van der Waals surface area contributed by atoms with Crippen LogP contribution in [0.5, 0.6) is 5.75 Å². The first kappa shape index (κ1) is 11.9. The Hall–Kier alpha value is -2.56. The number of oxime groups is 1. The number of hydrogen-bond acceptors (Lipinski definition) is 4. The molecule has 0 saturated heterocycles. The number of nitrogens with two attached hydrogens (primary N) is 1. The third-order valence-corrected chi connectivity index (χ3v) is 2.40. The van der Waals surface area contributed by atoms with Crippen LogP contribution in [0.25, 0.3) is 0 Å². The molecule has 92 valence electrons. The van der Waals surface area contributed by atoms with Crippen LogP contribution >= 0.6 is 0 Å². The molecular weight excluding hydrogens is 230 g/mol. The molecule has 1 aromatic heterocycles. The smallest absolute Gasteiger partial charge is 0.175 e. The zero-order valence-electron chi connectivity index (χ0n) is 9.65. The molecule has 0 saturated carbocycles. The number of benzene rings is 1. The SMILES string of the molecule is N/C(=N/O)c1cnccc1OCc1ccccc1. The predicted octanol–water partition coefficient (Wildman–Crippen LogP) is 1.76. The summed E-state index contributed by atoms with van der Waals surface area (Å²) in [7, 11) is 0. The standard InChI is InChI=1S/C13H13N3O2/c14-13(16-17)11-8-15-7-6-12(11)18-9-10-4-2-1-3-5-10/h1-8,17H,9H2,(H2,14,16). The van der Waals surface area contributed by atoms with Crippen molar-refractivity contribution in [2.75, 3.05) is 0 Å². The van der Waals surface area contributed by atoms with Crippen LogP contribution in [0.2, 0.25) is 0 Å². The lowest BCUT2D eigenvalue weighted by Crippen LogP contribution is -2.15. The van der Waals surface area contributed by atoms with Gasteiger partial charge in [0.15, 0.2) is 5.84 Å². The number of hydrogen-bond donors (Lipinski definition) is 2. The fraction of sp³-hybridized carbons (Fsp3) is 0.0769. The molecule has 1 aromatic carbocycles. The van der Waals surface area contributed by atoms with Gasteiger partial charge in [-0.25, -0.2) is 0 Å². The van der Waals surface area contributed by atoms with E-state index in [-0.39, 0.29) is 5.84 Å². The minimum atomic E-state index is -0.0221. The first-order chi connectivity index (χ1) is 8.81. The summed E-state index contributed by atoms with van der Waals surface area (Å²) in [4.78, 5) is 3.92. The molecular formula is C13H13N3O2. The maximum absolute atomic E-state index is 8.68. The summed E-state index contributed by atoms with van der Waals surface area (Å²) in [6, 6.07) is 11.4. The Bertz CT molecular complexity index is 541. The summed E-state index contributed by atoms with van der Waals surface area (Å²) in [6.07, 6.45) is 3.09. The average Bonchev–Trinajstić information content (AvgIpc) is 2.45. The predicted molar refractivity (Wildman–Crippen MR) is 67.5 cm³/mol. The van der Waals surface area contributed by atoms with Gasteiger partial charge in [-0.2, -0.15) is 0 Å². The average molecular weight is 243 g/mol. The zero-order chi connectivity index (χ0) is 12.8. The summed E-state index contributed by atoms with van der Waals surface area (Å²) in [5.41, 5.74) is 7.05. The van der Waals surface area contributed by atoms with Crippen molar-refractivity contribution < 1.29 is 9.94 Å². The van der Waals surface area contributed by atoms with Crippen molar-refractivity contribution in [2.45, 2.75) is 6.61 Å². The number of aromatic nitrogens is 1. The molecule has 0 aliphatic heterocycles. The van der Waals surface area contributed by atoms with Gasteiger partial charge in [-0.1, -0.05) is 35.5 Å². The van der Waals surface area contributed by atoms with Gasteiger partial charge in [-0.3, -0.25) is 4.98 Å². The Kier molecular flexibility index (Phi) is 3.76.